The lowest BCUT2D eigenvalue weighted by Crippen LogP contribution is -2.40. The van der Waals surface area contributed by atoms with Crippen LogP contribution in [0.1, 0.15) is 25.0 Å². The van der Waals surface area contributed by atoms with E-state index in [0.29, 0.717) is 0 Å². The molecule has 1 aromatic heterocycles. The number of hydrogen-bond donors (Lipinski definition) is 2. The molecule has 1 aliphatic heterocycles. The highest BCUT2D eigenvalue weighted by molar-refractivity contribution is 5.98. The number of nitrogens with zero attached hydrogens (tertiary/aromatic N) is 4. The average Bonchev–Trinajstić information content (AvgIpc) is 3.15. The van der Waals surface area contributed by atoms with E-state index < -0.39 is 0 Å². The molecule has 0 bridgehead atoms. The monoisotopic (exact) mass is 270 g/mol. The summed E-state index contributed by atoms with van der Waals surface area (Å²) >= 11 is 0. The summed E-state index contributed by atoms with van der Waals surface area (Å²) in [4.78, 5) is 0. The Morgan fingerprint density at radius 3 is 2.65 bits per heavy atom. The maximum atomic E-state index is 4.41. The van der Waals surface area contributed by atoms with E-state index in [9.17, 15) is 0 Å². The molecule has 104 valence electrons. The number of aryl methyl sites for hydroxylation is 1. The predicted octanol–water partition coefficient (Wildman–Crippen LogP) is 1.44. The van der Waals surface area contributed by atoms with Gasteiger partial charge in [0.15, 0.2) is 5.84 Å². The highest BCUT2D eigenvalue weighted by Crippen LogP contribution is 2.12. The minimum absolute atomic E-state index is 0.822. The van der Waals surface area contributed by atoms with Gasteiger partial charge in [-0.3, -0.25) is 5.01 Å². The second-order valence-corrected chi connectivity index (χ2v) is 4.60. The Balaban J connectivity index is 1.86. The number of hydrazine groups is 2. The van der Waals surface area contributed by atoms with Gasteiger partial charge in [0.05, 0.1) is 17.4 Å². The summed E-state index contributed by atoms with van der Waals surface area (Å²) in [6.45, 7) is 5.03. The normalized spacial score (nSPS) is 14.3. The van der Waals surface area contributed by atoms with Gasteiger partial charge in [0.1, 0.15) is 0 Å². The van der Waals surface area contributed by atoms with Gasteiger partial charge in [-0.2, -0.15) is 5.10 Å². The number of amidine groups is 1. The van der Waals surface area contributed by atoms with Crippen molar-refractivity contribution in [2.75, 3.05) is 6.54 Å². The Labute approximate surface area is 118 Å². The highest BCUT2D eigenvalue weighted by atomic mass is 15.8. The summed E-state index contributed by atoms with van der Waals surface area (Å²) < 4.78 is 1.86. The second kappa shape index (κ2) is 5.34. The summed E-state index contributed by atoms with van der Waals surface area (Å²) in [7, 11) is 0. The summed E-state index contributed by atoms with van der Waals surface area (Å²) in [5.41, 5.74) is 9.08. The summed E-state index contributed by atoms with van der Waals surface area (Å²) in [6, 6.07) is 8.43. The average molecular weight is 270 g/mol. The number of aromatic nitrogens is 2. The van der Waals surface area contributed by atoms with Crippen LogP contribution in [0.2, 0.25) is 0 Å². The van der Waals surface area contributed by atoms with Gasteiger partial charge in [-0.1, -0.05) is 19.1 Å². The van der Waals surface area contributed by atoms with Gasteiger partial charge in [0.25, 0.3) is 0 Å². The lowest BCUT2D eigenvalue weighted by atomic mass is 10.1. The van der Waals surface area contributed by atoms with Crippen molar-refractivity contribution in [3.8, 4) is 5.69 Å². The molecule has 2 N–H and O–H groups in total. The van der Waals surface area contributed by atoms with Crippen LogP contribution in [-0.2, 0) is 6.42 Å². The van der Waals surface area contributed by atoms with Crippen LogP contribution in [0.5, 0.6) is 0 Å². The lowest BCUT2D eigenvalue weighted by molar-refractivity contribution is 0.308. The molecular weight excluding hydrogens is 252 g/mol. The number of nitrogens with one attached hydrogen (secondary N) is 2. The number of benzene rings is 1. The molecular formula is C14H18N6. The van der Waals surface area contributed by atoms with Crippen LogP contribution < -0.4 is 11.1 Å². The largest absolute Gasteiger partial charge is 0.271 e. The zero-order chi connectivity index (χ0) is 13.9. The van der Waals surface area contributed by atoms with E-state index >= 15 is 0 Å². The van der Waals surface area contributed by atoms with Gasteiger partial charge in [-0.25, -0.2) is 10.2 Å². The molecule has 2 heterocycles. The number of hydrazone groups is 1. The molecule has 0 fully saturated rings. The van der Waals surface area contributed by atoms with E-state index in [1.54, 1.807) is 0 Å². The van der Waals surface area contributed by atoms with Crippen LogP contribution in [0.3, 0.4) is 0 Å². The molecule has 6 heteroatoms. The van der Waals surface area contributed by atoms with Crippen molar-refractivity contribution in [1.82, 2.24) is 25.9 Å². The quantitative estimate of drug-likeness (QED) is 0.882. The Hall–Kier alpha value is -2.34. The molecule has 6 nitrogen and oxygen atoms in total. The van der Waals surface area contributed by atoms with Gasteiger partial charge < -0.3 is 0 Å². The van der Waals surface area contributed by atoms with Crippen LogP contribution in [0, 0.1) is 0 Å². The number of rotatable bonds is 4. The molecule has 3 rings (SSSR count). The minimum atomic E-state index is 0.822. The number of hydrogen-bond acceptors (Lipinski definition) is 5. The maximum Gasteiger partial charge on any atom is 0.176 e. The predicted molar refractivity (Wildman–Crippen MR) is 78.1 cm³/mol. The van der Waals surface area contributed by atoms with E-state index in [2.05, 4.69) is 59.4 Å². The van der Waals surface area contributed by atoms with Crippen LogP contribution in [-0.4, -0.2) is 27.2 Å². The second-order valence-electron chi connectivity index (χ2n) is 4.60. The van der Waals surface area contributed by atoms with Gasteiger partial charge in [-0.05, 0) is 31.0 Å². The Morgan fingerprint density at radius 1 is 1.15 bits per heavy atom. The first-order chi connectivity index (χ1) is 9.81. The molecule has 2 aromatic rings. The van der Waals surface area contributed by atoms with Gasteiger partial charge in [0.2, 0.25) is 0 Å². The van der Waals surface area contributed by atoms with Gasteiger partial charge in [0, 0.05) is 12.7 Å². The first-order valence-electron chi connectivity index (χ1n) is 6.82. The summed E-state index contributed by atoms with van der Waals surface area (Å²) in [5, 5.41) is 10.6. The van der Waals surface area contributed by atoms with E-state index in [0.717, 1.165) is 30.1 Å². The van der Waals surface area contributed by atoms with Crippen LogP contribution >= 0.6 is 0 Å². The maximum absolute atomic E-state index is 4.41. The third-order valence-corrected chi connectivity index (χ3v) is 3.37. The zero-order valence-corrected chi connectivity index (χ0v) is 11.7. The fourth-order valence-corrected chi connectivity index (χ4v) is 2.16. The highest BCUT2D eigenvalue weighted by Gasteiger charge is 2.18. The zero-order valence-electron chi connectivity index (χ0n) is 11.7. The third kappa shape index (κ3) is 2.25. The van der Waals surface area contributed by atoms with E-state index in [1.165, 1.54) is 5.56 Å². The standard InChI is InChI=1S/C14H18N6/c1-3-11-5-7-13(8-6-11)20-10-12(9-15-20)14-16-17-18-19(14)4-2/h5-10,17-18H,3-4H2,1-2H3. The lowest BCUT2D eigenvalue weighted by Gasteiger charge is -2.14. The molecule has 0 unspecified atom stereocenters. The Morgan fingerprint density at radius 2 is 1.95 bits per heavy atom. The topological polar surface area (TPSA) is 57.5 Å². The van der Waals surface area contributed by atoms with Crippen molar-refractivity contribution in [2.45, 2.75) is 20.3 Å². The van der Waals surface area contributed by atoms with Crippen molar-refractivity contribution < 1.29 is 0 Å². The third-order valence-electron chi connectivity index (χ3n) is 3.37. The summed E-state index contributed by atoms with van der Waals surface area (Å²) in [5.74, 6) is 0.851. The van der Waals surface area contributed by atoms with Crippen molar-refractivity contribution in [1.29, 1.82) is 0 Å². The fraction of sp³-hybridized carbons (Fsp3) is 0.286. The molecule has 0 spiro atoms. The van der Waals surface area contributed by atoms with Crippen LogP contribution in [0.4, 0.5) is 0 Å². The smallest absolute Gasteiger partial charge is 0.176 e. The van der Waals surface area contributed by atoms with E-state index in [4.69, 9.17) is 0 Å². The Bertz CT molecular complexity index is 613. The fourth-order valence-electron chi connectivity index (χ4n) is 2.16. The molecule has 1 aromatic carbocycles. The molecule has 0 radical (unpaired) electrons. The first-order valence-corrected chi connectivity index (χ1v) is 6.82. The van der Waals surface area contributed by atoms with Crippen molar-refractivity contribution in [2.24, 2.45) is 5.10 Å². The van der Waals surface area contributed by atoms with Gasteiger partial charge in [-0.15, -0.1) is 10.6 Å². The van der Waals surface area contributed by atoms with E-state index in [-0.39, 0.29) is 0 Å². The molecule has 20 heavy (non-hydrogen) atoms. The van der Waals surface area contributed by atoms with Crippen molar-refractivity contribution >= 4 is 5.84 Å². The first kappa shape index (κ1) is 12.7. The SMILES string of the molecule is CCc1ccc(-n2cc(C3=NNNN3CC)cn2)cc1. The Kier molecular flexibility index (Phi) is 3.39. The molecule has 1 aliphatic rings. The van der Waals surface area contributed by atoms with Crippen molar-refractivity contribution in [3.63, 3.8) is 0 Å². The summed E-state index contributed by atoms with van der Waals surface area (Å²) in [6.07, 6.45) is 4.85. The molecule has 0 saturated heterocycles. The van der Waals surface area contributed by atoms with E-state index in [1.807, 2.05) is 22.1 Å². The van der Waals surface area contributed by atoms with Crippen molar-refractivity contribution in [3.05, 3.63) is 47.8 Å². The van der Waals surface area contributed by atoms with Crippen LogP contribution in [0.25, 0.3) is 5.69 Å². The molecule has 0 aliphatic carbocycles. The molecule has 0 atom stereocenters. The van der Waals surface area contributed by atoms with Crippen LogP contribution in [0.15, 0.2) is 41.8 Å². The van der Waals surface area contributed by atoms with Gasteiger partial charge >= 0.3 is 0 Å². The molecule has 0 saturated carbocycles. The minimum Gasteiger partial charge on any atom is -0.271 e. The molecule has 0 amide bonds.